The van der Waals surface area contributed by atoms with E-state index >= 15 is 0 Å². The smallest absolute Gasteiger partial charge is 0.0915 e. The Balaban J connectivity index is 1.98. The van der Waals surface area contributed by atoms with Gasteiger partial charge in [0.05, 0.1) is 29.7 Å². The first-order valence-corrected chi connectivity index (χ1v) is 6.15. The van der Waals surface area contributed by atoms with E-state index in [1.807, 2.05) is 6.20 Å². The third-order valence-electron chi connectivity index (χ3n) is 2.93. The lowest BCUT2D eigenvalue weighted by Crippen LogP contribution is -2.32. The number of nitrogens with zero attached hydrogens (tertiary/aromatic N) is 2. The van der Waals surface area contributed by atoms with Crippen molar-refractivity contribution in [3.8, 4) is 0 Å². The zero-order chi connectivity index (χ0) is 9.80. The molecular formula is C10H17N3S. The predicted octanol–water partition coefficient (Wildman–Crippen LogP) is 2.38. The molecule has 0 amide bonds. The van der Waals surface area contributed by atoms with Crippen LogP contribution in [0.4, 0.5) is 0 Å². The molecule has 1 fully saturated rings. The van der Waals surface area contributed by atoms with Gasteiger partial charge < -0.3 is 5.32 Å². The quantitative estimate of drug-likeness (QED) is 0.812. The molecule has 1 aliphatic rings. The van der Waals surface area contributed by atoms with Crippen LogP contribution in [0.3, 0.4) is 0 Å². The fourth-order valence-corrected chi connectivity index (χ4v) is 2.35. The summed E-state index contributed by atoms with van der Waals surface area (Å²) in [4.78, 5) is 0. The Morgan fingerprint density at radius 2 is 2.50 bits per heavy atom. The summed E-state index contributed by atoms with van der Waals surface area (Å²) in [6, 6.07) is 0.461. The van der Waals surface area contributed by atoms with E-state index in [4.69, 9.17) is 0 Å². The highest BCUT2D eigenvalue weighted by atomic mass is 32.1. The van der Waals surface area contributed by atoms with Gasteiger partial charge in [-0.1, -0.05) is 13.3 Å². The number of nitrogens with one attached hydrogen (secondary N) is 1. The van der Waals surface area contributed by atoms with Gasteiger partial charge in [0, 0.05) is 0 Å². The molecule has 1 aliphatic carbocycles. The Hall–Kier alpha value is -0.480. The van der Waals surface area contributed by atoms with Gasteiger partial charge in [-0.05, 0) is 31.7 Å². The zero-order valence-electron chi connectivity index (χ0n) is 8.57. The Labute approximate surface area is 89.3 Å². The van der Waals surface area contributed by atoms with Gasteiger partial charge >= 0.3 is 0 Å². The lowest BCUT2D eigenvalue weighted by molar-refractivity contribution is 0.228. The molecule has 14 heavy (non-hydrogen) atoms. The SMILES string of the molecule is CCCNC(c1cnsn1)C1CCC1. The third-order valence-corrected chi connectivity index (χ3v) is 3.42. The number of hydrogen-bond acceptors (Lipinski definition) is 4. The summed E-state index contributed by atoms with van der Waals surface area (Å²) in [5.74, 6) is 0.797. The second-order valence-electron chi connectivity index (χ2n) is 3.96. The van der Waals surface area contributed by atoms with Crippen molar-refractivity contribution in [1.82, 2.24) is 14.1 Å². The number of aromatic nitrogens is 2. The Morgan fingerprint density at radius 3 is 3.00 bits per heavy atom. The van der Waals surface area contributed by atoms with Crippen molar-refractivity contribution < 1.29 is 0 Å². The molecule has 0 saturated heterocycles. The average molecular weight is 211 g/mol. The van der Waals surface area contributed by atoms with Crippen molar-refractivity contribution in [2.24, 2.45) is 5.92 Å². The minimum atomic E-state index is 0.461. The molecular weight excluding hydrogens is 194 g/mol. The summed E-state index contributed by atoms with van der Waals surface area (Å²) in [6.07, 6.45) is 7.17. The van der Waals surface area contributed by atoms with E-state index in [0.717, 1.165) is 18.2 Å². The minimum absolute atomic E-state index is 0.461. The maximum Gasteiger partial charge on any atom is 0.0915 e. The maximum absolute atomic E-state index is 4.34. The van der Waals surface area contributed by atoms with Gasteiger partial charge in [-0.15, -0.1) is 0 Å². The zero-order valence-corrected chi connectivity index (χ0v) is 9.39. The molecule has 1 atom stereocenters. The van der Waals surface area contributed by atoms with E-state index in [9.17, 15) is 0 Å². The monoisotopic (exact) mass is 211 g/mol. The van der Waals surface area contributed by atoms with Gasteiger partial charge in [0.1, 0.15) is 0 Å². The van der Waals surface area contributed by atoms with E-state index in [1.54, 1.807) is 0 Å². The Kier molecular flexibility index (Phi) is 3.48. The topological polar surface area (TPSA) is 37.8 Å². The summed E-state index contributed by atoms with van der Waals surface area (Å²) >= 11 is 1.31. The van der Waals surface area contributed by atoms with E-state index < -0.39 is 0 Å². The van der Waals surface area contributed by atoms with Crippen LogP contribution in [0.2, 0.25) is 0 Å². The van der Waals surface area contributed by atoms with Crippen LogP contribution < -0.4 is 5.32 Å². The van der Waals surface area contributed by atoms with Crippen LogP contribution >= 0.6 is 11.7 Å². The van der Waals surface area contributed by atoms with Gasteiger partial charge in [-0.2, -0.15) is 8.75 Å². The van der Waals surface area contributed by atoms with Crippen molar-refractivity contribution in [2.75, 3.05) is 6.54 Å². The molecule has 78 valence electrons. The molecule has 0 spiro atoms. The van der Waals surface area contributed by atoms with Gasteiger partial charge in [0.25, 0.3) is 0 Å². The van der Waals surface area contributed by atoms with E-state index in [1.165, 1.54) is 37.4 Å². The maximum atomic E-state index is 4.34. The van der Waals surface area contributed by atoms with Gasteiger partial charge in [0.15, 0.2) is 0 Å². The highest BCUT2D eigenvalue weighted by Crippen LogP contribution is 2.37. The van der Waals surface area contributed by atoms with Crippen LogP contribution in [-0.4, -0.2) is 15.3 Å². The molecule has 0 aliphatic heterocycles. The summed E-state index contributed by atoms with van der Waals surface area (Å²) in [5, 5.41) is 3.58. The molecule has 4 heteroatoms. The summed E-state index contributed by atoms with van der Waals surface area (Å²) in [5.41, 5.74) is 1.15. The standard InChI is InChI=1S/C10H17N3S/c1-2-6-11-10(8-4-3-5-8)9-7-12-14-13-9/h7-8,10-11H,2-6H2,1H3. The molecule has 1 aromatic rings. The predicted molar refractivity (Wildman–Crippen MR) is 58.3 cm³/mol. The first-order chi connectivity index (χ1) is 6.92. The lowest BCUT2D eigenvalue weighted by Gasteiger charge is -2.33. The van der Waals surface area contributed by atoms with Crippen molar-refractivity contribution >= 4 is 11.7 Å². The largest absolute Gasteiger partial charge is 0.308 e. The van der Waals surface area contributed by atoms with Crippen molar-refractivity contribution in [3.05, 3.63) is 11.9 Å². The Bertz CT molecular complexity index is 256. The molecule has 1 aromatic heterocycles. The van der Waals surface area contributed by atoms with Gasteiger partial charge in [-0.3, -0.25) is 0 Å². The highest BCUT2D eigenvalue weighted by molar-refractivity contribution is 6.99. The summed E-state index contributed by atoms with van der Waals surface area (Å²) in [7, 11) is 0. The normalized spacial score (nSPS) is 19.2. The summed E-state index contributed by atoms with van der Waals surface area (Å²) in [6.45, 7) is 3.28. The molecule has 3 nitrogen and oxygen atoms in total. The van der Waals surface area contributed by atoms with Crippen LogP contribution in [-0.2, 0) is 0 Å². The molecule has 1 saturated carbocycles. The fourth-order valence-electron chi connectivity index (χ4n) is 1.89. The van der Waals surface area contributed by atoms with E-state index in [0.29, 0.717) is 6.04 Å². The average Bonchev–Trinajstić information content (AvgIpc) is 2.61. The van der Waals surface area contributed by atoms with Crippen LogP contribution in [0.1, 0.15) is 44.3 Å². The van der Waals surface area contributed by atoms with Crippen LogP contribution in [0.15, 0.2) is 6.20 Å². The van der Waals surface area contributed by atoms with E-state index in [2.05, 4.69) is 21.0 Å². The van der Waals surface area contributed by atoms with Crippen molar-refractivity contribution in [1.29, 1.82) is 0 Å². The minimum Gasteiger partial charge on any atom is -0.308 e. The number of rotatable bonds is 5. The summed E-state index contributed by atoms with van der Waals surface area (Å²) < 4.78 is 8.42. The number of hydrogen-bond donors (Lipinski definition) is 1. The van der Waals surface area contributed by atoms with Crippen molar-refractivity contribution in [2.45, 2.75) is 38.6 Å². The van der Waals surface area contributed by atoms with Crippen LogP contribution in [0, 0.1) is 5.92 Å². The van der Waals surface area contributed by atoms with Crippen LogP contribution in [0.5, 0.6) is 0 Å². The Morgan fingerprint density at radius 1 is 1.64 bits per heavy atom. The highest BCUT2D eigenvalue weighted by Gasteiger charge is 2.29. The third kappa shape index (κ3) is 2.12. The molecule has 1 heterocycles. The second-order valence-corrected chi connectivity index (χ2v) is 4.51. The van der Waals surface area contributed by atoms with Gasteiger partial charge in [-0.25, -0.2) is 0 Å². The van der Waals surface area contributed by atoms with Crippen molar-refractivity contribution in [3.63, 3.8) is 0 Å². The molecule has 0 radical (unpaired) electrons. The second kappa shape index (κ2) is 4.84. The fraction of sp³-hybridized carbons (Fsp3) is 0.800. The molecule has 0 bridgehead atoms. The molecule has 2 rings (SSSR count). The first kappa shape index (κ1) is 10.1. The molecule has 0 aromatic carbocycles. The molecule has 1 unspecified atom stereocenters. The lowest BCUT2D eigenvalue weighted by atomic mass is 9.78. The van der Waals surface area contributed by atoms with E-state index in [-0.39, 0.29) is 0 Å². The van der Waals surface area contributed by atoms with Crippen LogP contribution in [0.25, 0.3) is 0 Å². The molecule has 1 N–H and O–H groups in total. The first-order valence-electron chi connectivity index (χ1n) is 5.42. The van der Waals surface area contributed by atoms with Gasteiger partial charge in [0.2, 0.25) is 0 Å².